The van der Waals surface area contributed by atoms with Gasteiger partial charge in [0.25, 0.3) is 0 Å². The minimum Gasteiger partial charge on any atom is -0.483 e. The number of piperidine rings is 1. The Morgan fingerprint density at radius 3 is 1.97 bits per heavy atom. The van der Waals surface area contributed by atoms with Gasteiger partial charge in [0.2, 0.25) is 0 Å². The minimum absolute atomic E-state index is 0.133. The molecule has 0 aromatic heterocycles. The Hall–Kier alpha value is -2.48. The monoisotopic (exact) mass is 459 g/mol. The molecule has 1 aromatic carbocycles. The third-order valence-electron chi connectivity index (χ3n) is 5.13. The van der Waals surface area contributed by atoms with E-state index in [0.717, 1.165) is 12.1 Å². The van der Waals surface area contributed by atoms with E-state index in [2.05, 4.69) is 11.9 Å². The van der Waals surface area contributed by atoms with E-state index >= 15 is 0 Å². The van der Waals surface area contributed by atoms with Crippen LogP contribution in [0, 0.1) is 0 Å². The van der Waals surface area contributed by atoms with Crippen molar-refractivity contribution in [3.63, 3.8) is 0 Å². The highest BCUT2D eigenvalue weighted by molar-refractivity contribution is 5.85. The lowest BCUT2D eigenvalue weighted by atomic mass is 9.82. The molecule has 0 amide bonds. The first kappa shape index (κ1) is 25.8. The molecule has 0 radical (unpaired) electrons. The predicted molar refractivity (Wildman–Crippen MR) is 114 cm³/mol. The summed E-state index contributed by atoms with van der Waals surface area (Å²) in [6.07, 6.45) is -2.23. The van der Waals surface area contributed by atoms with Crippen molar-refractivity contribution < 1.29 is 31.1 Å². The van der Waals surface area contributed by atoms with Crippen LogP contribution in [-0.2, 0) is 17.1 Å². The zero-order valence-electron chi connectivity index (χ0n) is 18.3. The van der Waals surface area contributed by atoms with Gasteiger partial charge in [0.1, 0.15) is 11.4 Å². The summed E-state index contributed by atoms with van der Waals surface area (Å²) in [7, 11) is 0. The van der Waals surface area contributed by atoms with Crippen molar-refractivity contribution in [2.75, 3.05) is 13.1 Å². The van der Waals surface area contributed by atoms with Gasteiger partial charge in [-0.3, -0.25) is 0 Å². The summed E-state index contributed by atoms with van der Waals surface area (Å²) >= 11 is 0. The van der Waals surface area contributed by atoms with Crippen LogP contribution >= 0.6 is 0 Å². The number of rotatable bonds is 2. The van der Waals surface area contributed by atoms with Crippen molar-refractivity contribution in [3.05, 3.63) is 77.1 Å². The molecule has 1 saturated heterocycles. The van der Waals surface area contributed by atoms with Crippen LogP contribution in [0.5, 0.6) is 0 Å². The Bertz CT molecular complexity index is 883. The molecule has 1 N–H and O–H groups in total. The van der Waals surface area contributed by atoms with E-state index in [-0.39, 0.29) is 23.0 Å². The number of hydrogen-bond acceptors (Lipinski definition) is 2. The highest BCUT2D eigenvalue weighted by Gasteiger charge is 2.40. The summed E-state index contributed by atoms with van der Waals surface area (Å²) in [5.41, 5.74) is -3.09. The van der Waals surface area contributed by atoms with Crippen molar-refractivity contribution >= 4 is 5.57 Å². The molecule has 0 bridgehead atoms. The maximum absolute atomic E-state index is 13.4. The molecule has 0 unspecified atom stereocenters. The SMILES string of the molecule is C=C1OC2(C=C(c3cc(C(F)(F)F)cc(C(F)(F)F)c3)/C1=C/C=C\C)CCNCC2.CC. The van der Waals surface area contributed by atoms with Crippen molar-refractivity contribution in [1.29, 1.82) is 0 Å². The second-order valence-corrected chi connectivity index (χ2v) is 7.30. The quantitative estimate of drug-likeness (QED) is 0.469. The van der Waals surface area contributed by atoms with Gasteiger partial charge >= 0.3 is 12.4 Å². The van der Waals surface area contributed by atoms with Crippen LogP contribution in [0.25, 0.3) is 5.57 Å². The van der Waals surface area contributed by atoms with Crippen LogP contribution < -0.4 is 5.32 Å². The van der Waals surface area contributed by atoms with Gasteiger partial charge in [-0.05, 0) is 55.4 Å². The maximum Gasteiger partial charge on any atom is 0.416 e. The van der Waals surface area contributed by atoms with E-state index in [0.29, 0.717) is 31.5 Å². The fourth-order valence-electron chi connectivity index (χ4n) is 3.64. The molecular weight excluding hydrogens is 432 g/mol. The first-order chi connectivity index (χ1) is 15.0. The summed E-state index contributed by atoms with van der Waals surface area (Å²) in [6, 6.07) is 1.63. The van der Waals surface area contributed by atoms with Crippen molar-refractivity contribution in [3.8, 4) is 0 Å². The van der Waals surface area contributed by atoms with E-state index in [9.17, 15) is 26.3 Å². The summed E-state index contributed by atoms with van der Waals surface area (Å²) in [5, 5.41) is 3.17. The number of nitrogens with one attached hydrogen (secondary N) is 1. The van der Waals surface area contributed by atoms with Gasteiger partial charge in [-0.1, -0.05) is 38.7 Å². The predicted octanol–water partition coefficient (Wildman–Crippen LogP) is 7.30. The second kappa shape index (κ2) is 9.98. The highest BCUT2D eigenvalue weighted by atomic mass is 19.4. The number of hydrogen-bond donors (Lipinski definition) is 1. The van der Waals surface area contributed by atoms with Gasteiger partial charge in [0.15, 0.2) is 0 Å². The first-order valence-electron chi connectivity index (χ1n) is 10.4. The average Bonchev–Trinajstić information content (AvgIpc) is 2.73. The lowest BCUT2D eigenvalue weighted by molar-refractivity contribution is -0.143. The Balaban J connectivity index is 0.00000176. The molecule has 3 rings (SSSR count). The van der Waals surface area contributed by atoms with Crippen LogP contribution in [0.1, 0.15) is 50.3 Å². The number of halogens is 6. The van der Waals surface area contributed by atoms with Crippen molar-refractivity contribution in [2.45, 2.75) is 51.6 Å². The van der Waals surface area contributed by atoms with E-state index in [1.54, 1.807) is 31.2 Å². The van der Waals surface area contributed by atoms with Gasteiger partial charge in [-0.2, -0.15) is 26.3 Å². The van der Waals surface area contributed by atoms with Crippen molar-refractivity contribution in [1.82, 2.24) is 5.32 Å². The fourth-order valence-corrected chi connectivity index (χ4v) is 3.64. The minimum atomic E-state index is -4.92. The van der Waals surface area contributed by atoms with Crippen molar-refractivity contribution in [2.24, 2.45) is 0 Å². The molecule has 32 heavy (non-hydrogen) atoms. The van der Waals surface area contributed by atoms with E-state index in [1.165, 1.54) is 0 Å². The number of benzene rings is 1. The first-order valence-corrected chi connectivity index (χ1v) is 10.4. The zero-order chi connectivity index (χ0) is 24.2. The average molecular weight is 459 g/mol. The second-order valence-electron chi connectivity index (χ2n) is 7.30. The molecule has 0 saturated carbocycles. The zero-order valence-corrected chi connectivity index (χ0v) is 18.3. The van der Waals surface area contributed by atoms with Gasteiger partial charge in [0, 0.05) is 18.4 Å². The van der Waals surface area contributed by atoms with Crippen LogP contribution in [0.2, 0.25) is 0 Å². The Labute approximate surface area is 184 Å². The van der Waals surface area contributed by atoms with Gasteiger partial charge in [-0.15, -0.1) is 0 Å². The van der Waals surface area contributed by atoms with E-state index in [4.69, 9.17) is 4.74 Å². The van der Waals surface area contributed by atoms with Crippen LogP contribution in [0.4, 0.5) is 26.3 Å². The molecule has 1 spiro atoms. The lowest BCUT2D eigenvalue weighted by Crippen LogP contribution is -2.44. The van der Waals surface area contributed by atoms with Crippen LogP contribution in [0.3, 0.4) is 0 Å². The molecule has 2 heterocycles. The highest BCUT2D eigenvalue weighted by Crippen LogP contribution is 2.45. The maximum atomic E-state index is 13.4. The summed E-state index contributed by atoms with van der Waals surface area (Å²) in [4.78, 5) is 0. The number of ether oxygens (including phenoxy) is 1. The largest absolute Gasteiger partial charge is 0.483 e. The summed E-state index contributed by atoms with van der Waals surface area (Å²) in [6.45, 7) is 10.9. The lowest BCUT2D eigenvalue weighted by Gasteiger charge is -2.41. The molecule has 2 nitrogen and oxygen atoms in total. The molecule has 1 fully saturated rings. The normalized spacial score (nSPS) is 20.1. The standard InChI is InChI=1S/C22H21F6NO.C2H6/c1-3-4-5-18-14(2)30-20(6-8-29-9-7-20)13-19(18)15-10-16(21(23,24)25)12-17(11-15)22(26,27)28;1-2/h3-5,10-13,29H,2,6-9H2,1H3;1-2H3/b4-3-,18-5+;. The molecule has 8 heteroatoms. The molecule has 0 atom stereocenters. The third-order valence-corrected chi connectivity index (χ3v) is 5.13. The fraction of sp³-hybridized carbons (Fsp3) is 0.417. The number of allylic oxidation sites excluding steroid dienone is 4. The molecule has 2 aliphatic heterocycles. The van der Waals surface area contributed by atoms with E-state index < -0.39 is 29.1 Å². The van der Waals surface area contributed by atoms with Crippen LogP contribution in [0.15, 0.2) is 60.4 Å². The Morgan fingerprint density at radius 1 is 0.969 bits per heavy atom. The molecular formula is C24H27F6NO. The molecule has 2 aliphatic rings. The smallest absolute Gasteiger partial charge is 0.416 e. The topological polar surface area (TPSA) is 21.3 Å². The molecule has 1 aromatic rings. The van der Waals surface area contributed by atoms with E-state index in [1.807, 2.05) is 13.8 Å². The summed E-state index contributed by atoms with van der Waals surface area (Å²) < 4.78 is 86.2. The molecule has 0 aliphatic carbocycles. The third kappa shape index (κ3) is 5.85. The Morgan fingerprint density at radius 2 is 1.50 bits per heavy atom. The summed E-state index contributed by atoms with van der Waals surface area (Å²) in [5.74, 6) is 0.221. The van der Waals surface area contributed by atoms with Gasteiger partial charge in [-0.25, -0.2) is 0 Å². The number of alkyl halides is 6. The van der Waals surface area contributed by atoms with Gasteiger partial charge in [0.05, 0.1) is 11.1 Å². The van der Waals surface area contributed by atoms with Crippen LogP contribution in [-0.4, -0.2) is 18.7 Å². The van der Waals surface area contributed by atoms with Gasteiger partial charge < -0.3 is 10.1 Å². The molecule has 176 valence electrons. The Kier molecular flexibility index (Phi) is 8.04.